The van der Waals surface area contributed by atoms with Gasteiger partial charge < -0.3 is 63.1 Å². The van der Waals surface area contributed by atoms with Crippen molar-refractivity contribution in [3.63, 3.8) is 0 Å². The van der Waals surface area contributed by atoms with Crippen molar-refractivity contribution < 1.29 is 62.9 Å². The number of nitro groups is 1. The van der Waals surface area contributed by atoms with Crippen LogP contribution in [0.4, 0.5) is 10.5 Å². The van der Waals surface area contributed by atoms with Crippen LogP contribution in [0.15, 0.2) is 82.8 Å². The third-order valence-corrected chi connectivity index (χ3v) is 17.1. The zero-order valence-electron chi connectivity index (χ0n) is 47.0. The van der Waals surface area contributed by atoms with E-state index >= 15 is 0 Å². The number of ether oxygens (including phenoxy) is 4. The number of aliphatic carboxylic acids is 2. The molecule has 3 aromatic carbocycles. The number of rotatable bonds is 25. The Balaban J connectivity index is 0.000000188. The number of carboxylic acid groups (broad SMARTS) is 2. The number of carboxylic acids is 2. The molecular weight excluding hydrogens is 1070 g/mol. The monoisotopic (exact) mass is 1150 g/mol. The molecule has 0 heterocycles. The number of amides is 3. The first kappa shape index (κ1) is 62.8. The Labute approximate surface area is 483 Å². The highest BCUT2D eigenvalue weighted by molar-refractivity contribution is 5.92. The topological polar surface area (TPSA) is 390 Å². The summed E-state index contributed by atoms with van der Waals surface area (Å²) in [6.45, 7) is 1.44. The number of carbonyl (C=O) groups excluding carboxylic acids is 4. The molecule has 8 aliphatic rings. The number of aliphatic imine (C=N–C) groups is 2. The second-order valence-corrected chi connectivity index (χ2v) is 23.9. The summed E-state index contributed by atoms with van der Waals surface area (Å²) in [5, 5.41) is 31.5. The number of hydrogen-bond acceptors (Lipinski definition) is 13. The van der Waals surface area contributed by atoms with Crippen LogP contribution in [-0.4, -0.2) is 101 Å². The average molecular weight is 1150 g/mol. The number of nitrogens with zero attached hydrogens (tertiary/aromatic N) is 3. The highest BCUT2D eigenvalue weighted by atomic mass is 16.6. The predicted octanol–water partition coefficient (Wildman–Crippen LogP) is 6.93. The van der Waals surface area contributed by atoms with Crippen molar-refractivity contribution in [2.24, 2.45) is 85.0 Å². The third kappa shape index (κ3) is 19.7. The zero-order chi connectivity index (χ0) is 59.7. The molecular formula is C60H81N9O14. The molecule has 3 amide bonds. The lowest BCUT2D eigenvalue weighted by molar-refractivity contribution is -0.384. The number of nitrogens with two attached hydrogens (primary N) is 5. The Morgan fingerprint density at radius 2 is 0.976 bits per heavy atom. The molecule has 0 aromatic heterocycles. The normalized spacial score (nSPS) is 24.4. The van der Waals surface area contributed by atoms with Gasteiger partial charge in [-0.05, 0) is 203 Å². The standard InChI is InChI=1S/C27H38N4O6.C19H23NO4.C14H20N4O4/c28-25(29)31-23(32)2-1-8-36-21-5-3-17(4-6-21)13-22(24(33)34)30-26(35)37-9-7-27-14-18-10-19(15-27)12-20(11-18)16-27;21-18(16-1-3-17(4-2-16)20(22)23)24-6-5-19-10-13-7-14(11-19)9-15(8-13)12-19;15-11(13(20)21)8-9-3-5-10(6-4-9)22-7-1-2-12(19)18-14(16)17/h3-6,18-20,22H,1-2,7-16H2,(H,30,35)(H,33,34)(H4,28,29,31,32);1-4,13-15H,5-12H2;3-6,11H,1-2,7-8,15H2,(H,20,21)(H4,16,17,18,19). The maximum Gasteiger partial charge on any atom is 0.407 e. The van der Waals surface area contributed by atoms with Gasteiger partial charge in [0.25, 0.3) is 5.69 Å². The van der Waals surface area contributed by atoms with Crippen LogP contribution < -0.4 is 43.5 Å². The van der Waals surface area contributed by atoms with Crippen molar-refractivity contribution in [2.45, 2.75) is 141 Å². The maximum absolute atomic E-state index is 12.4. The van der Waals surface area contributed by atoms with E-state index < -0.39 is 40.9 Å². The molecule has 2 unspecified atom stereocenters. The summed E-state index contributed by atoms with van der Waals surface area (Å²) in [6, 6.07) is 17.5. The minimum Gasteiger partial charge on any atom is -0.494 e. The molecule has 83 heavy (non-hydrogen) atoms. The number of hydrogen-bond donors (Lipinski definition) is 8. The van der Waals surface area contributed by atoms with Crippen LogP contribution in [0, 0.1) is 56.5 Å². The van der Waals surface area contributed by atoms with Crippen LogP contribution in [0.5, 0.6) is 11.5 Å². The fraction of sp³-hybridized carbons (Fsp3) is 0.567. The number of esters is 1. The molecule has 3 aromatic rings. The first-order valence-electron chi connectivity index (χ1n) is 28.9. The Kier molecular flexibility index (Phi) is 22.3. The first-order chi connectivity index (χ1) is 39.6. The molecule has 8 fully saturated rings. The summed E-state index contributed by atoms with van der Waals surface area (Å²) >= 11 is 0. The number of carbonyl (C=O) groups is 6. The fourth-order valence-electron chi connectivity index (χ4n) is 14.3. The van der Waals surface area contributed by atoms with Gasteiger partial charge in [0.15, 0.2) is 11.9 Å². The van der Waals surface area contributed by atoms with Crippen molar-refractivity contribution in [3.8, 4) is 11.5 Å². The number of alkyl carbamates (subject to hydrolysis) is 1. The Bertz CT molecular complexity index is 2710. The van der Waals surface area contributed by atoms with Gasteiger partial charge in [-0.2, -0.15) is 9.98 Å². The van der Waals surface area contributed by atoms with E-state index in [1.165, 1.54) is 101 Å². The van der Waals surface area contributed by atoms with Crippen LogP contribution in [-0.2, 0) is 41.5 Å². The van der Waals surface area contributed by atoms with Crippen molar-refractivity contribution in [1.82, 2.24) is 5.32 Å². The first-order valence-corrected chi connectivity index (χ1v) is 28.9. The van der Waals surface area contributed by atoms with E-state index in [0.717, 1.165) is 59.5 Å². The Morgan fingerprint density at radius 3 is 1.35 bits per heavy atom. The molecule has 11 rings (SSSR count). The smallest absolute Gasteiger partial charge is 0.407 e. The molecule has 23 heteroatoms. The summed E-state index contributed by atoms with van der Waals surface area (Å²) < 4.78 is 21.9. The van der Waals surface area contributed by atoms with E-state index in [4.69, 9.17) is 52.7 Å². The predicted molar refractivity (Wildman–Crippen MR) is 307 cm³/mol. The van der Waals surface area contributed by atoms with Crippen LogP contribution in [0.3, 0.4) is 0 Å². The van der Waals surface area contributed by atoms with Gasteiger partial charge in [0, 0.05) is 31.4 Å². The van der Waals surface area contributed by atoms with E-state index in [9.17, 15) is 44.0 Å². The highest BCUT2D eigenvalue weighted by Gasteiger charge is 2.52. The van der Waals surface area contributed by atoms with Gasteiger partial charge in [-0.25, -0.2) is 14.4 Å². The fourth-order valence-corrected chi connectivity index (χ4v) is 14.3. The Hall–Kier alpha value is -7.82. The van der Waals surface area contributed by atoms with Crippen molar-refractivity contribution >= 4 is 53.4 Å². The third-order valence-electron chi connectivity index (χ3n) is 17.1. The minimum atomic E-state index is -1.12. The van der Waals surface area contributed by atoms with E-state index in [1.54, 1.807) is 48.5 Å². The number of benzene rings is 3. The summed E-state index contributed by atoms with van der Waals surface area (Å²) in [5.74, 6) is 2.61. The minimum absolute atomic E-state index is 0.0138. The molecule has 0 radical (unpaired) electrons. The van der Waals surface area contributed by atoms with Crippen LogP contribution in [0.2, 0.25) is 0 Å². The lowest BCUT2D eigenvalue weighted by Gasteiger charge is -2.57. The molecule has 2 atom stereocenters. The molecule has 23 nitrogen and oxygen atoms in total. The molecule has 450 valence electrons. The Morgan fingerprint density at radius 1 is 0.578 bits per heavy atom. The van der Waals surface area contributed by atoms with Crippen molar-refractivity contribution in [1.29, 1.82) is 0 Å². The van der Waals surface area contributed by atoms with E-state index in [1.807, 2.05) is 0 Å². The summed E-state index contributed by atoms with van der Waals surface area (Å²) in [4.78, 5) is 86.6. The SMILES string of the molecule is NC(N)=NC(=O)CCCOc1ccc(CC(N)C(=O)O)cc1.NC(N)=NC(=O)CCCOc1ccc(CC(NC(=O)OCCC23CC4CC(CC(C4)C2)C3)C(=O)O)cc1.O=C(OCCC12CC3CC(CC(C3)C1)C2)c1ccc([N+](=O)[O-])cc1. The number of non-ortho nitro benzene ring substituents is 1. The molecule has 8 bridgehead atoms. The van der Waals surface area contributed by atoms with Gasteiger partial charge in [-0.1, -0.05) is 24.3 Å². The van der Waals surface area contributed by atoms with Crippen LogP contribution in [0.1, 0.15) is 137 Å². The largest absolute Gasteiger partial charge is 0.494 e. The lowest BCUT2D eigenvalue weighted by Crippen LogP contribution is -2.47. The van der Waals surface area contributed by atoms with Crippen molar-refractivity contribution in [3.05, 3.63) is 99.6 Å². The quantitative estimate of drug-likeness (QED) is 0.0106. The lowest BCUT2D eigenvalue weighted by atomic mass is 9.49. The van der Waals surface area contributed by atoms with Gasteiger partial charge in [0.2, 0.25) is 11.8 Å². The molecule has 13 N–H and O–H groups in total. The molecule has 0 spiro atoms. The van der Waals surface area contributed by atoms with Crippen LogP contribution in [0.25, 0.3) is 0 Å². The summed E-state index contributed by atoms with van der Waals surface area (Å²) in [6.07, 6.45) is 18.9. The summed E-state index contributed by atoms with van der Waals surface area (Å²) in [7, 11) is 0. The average Bonchev–Trinajstić information content (AvgIpc) is 2.04. The van der Waals surface area contributed by atoms with Gasteiger partial charge in [0.05, 0.1) is 36.9 Å². The molecule has 8 aliphatic carbocycles. The molecule has 0 saturated heterocycles. The van der Waals surface area contributed by atoms with E-state index in [0.29, 0.717) is 67.2 Å². The zero-order valence-corrected chi connectivity index (χ0v) is 47.0. The number of guanidine groups is 2. The number of nitro benzene ring substituents is 1. The highest BCUT2D eigenvalue weighted by Crippen LogP contribution is 2.62. The van der Waals surface area contributed by atoms with Gasteiger partial charge >= 0.3 is 24.0 Å². The summed E-state index contributed by atoms with van der Waals surface area (Å²) in [5.41, 5.74) is 28.6. The van der Waals surface area contributed by atoms with Gasteiger partial charge in [-0.15, -0.1) is 0 Å². The van der Waals surface area contributed by atoms with Crippen LogP contribution >= 0.6 is 0 Å². The van der Waals surface area contributed by atoms with Gasteiger partial charge in [-0.3, -0.25) is 24.5 Å². The van der Waals surface area contributed by atoms with E-state index in [2.05, 4.69) is 15.3 Å². The molecule has 0 aliphatic heterocycles. The second-order valence-electron chi connectivity index (χ2n) is 23.9. The van der Waals surface area contributed by atoms with Gasteiger partial charge in [0.1, 0.15) is 23.6 Å². The second kappa shape index (κ2) is 29.4. The molecule has 8 saturated carbocycles. The maximum atomic E-state index is 12.4. The van der Waals surface area contributed by atoms with E-state index in [-0.39, 0.29) is 55.2 Å². The number of nitrogens with one attached hydrogen (secondary N) is 1. The van der Waals surface area contributed by atoms with Crippen molar-refractivity contribution in [2.75, 3.05) is 26.4 Å².